The van der Waals surface area contributed by atoms with Crippen LogP contribution in [0.2, 0.25) is 0 Å². The van der Waals surface area contributed by atoms with Crippen LogP contribution in [-0.4, -0.2) is 30.5 Å². The smallest absolute Gasteiger partial charge is 0.356 e. The summed E-state index contributed by atoms with van der Waals surface area (Å²) in [5, 5.41) is 88.5. The molecule has 0 aliphatic carbocycles. The molecule has 0 amide bonds. The maximum absolute atomic E-state index is 8.25. The van der Waals surface area contributed by atoms with Crippen molar-refractivity contribution < 1.29 is 70.5 Å². The predicted molar refractivity (Wildman–Crippen MR) is 194 cm³/mol. The van der Waals surface area contributed by atoms with Gasteiger partial charge in [0.25, 0.3) is 0 Å². The van der Waals surface area contributed by atoms with Crippen molar-refractivity contribution in [3.8, 4) is 0 Å². The van der Waals surface area contributed by atoms with Crippen molar-refractivity contribution in [2.45, 2.75) is 26.2 Å². The Morgan fingerprint density at radius 1 is 0.281 bits per heavy atom. The second kappa shape index (κ2) is 50.5. The van der Waals surface area contributed by atoms with E-state index in [0.29, 0.717) is 0 Å². The molecule has 4 rings (SSSR count). The monoisotopic (exact) mass is 867 g/mol. The molecule has 28 nitrogen and oxygen atoms in total. The number of nitrogens with zero attached hydrogens (tertiary/aromatic N) is 6. The maximum atomic E-state index is 8.25. The van der Waals surface area contributed by atoms with Crippen LogP contribution in [0.15, 0.2) is 121 Å². The molecule has 0 atom stereocenters. The summed E-state index contributed by atoms with van der Waals surface area (Å²) < 4.78 is 0. The van der Waals surface area contributed by atoms with Gasteiger partial charge in [0.1, 0.15) is 0 Å². The van der Waals surface area contributed by atoms with Gasteiger partial charge in [-0.25, -0.2) is 0 Å². The van der Waals surface area contributed by atoms with E-state index in [4.69, 9.17) is 91.9 Å². The SMILES string of the molecule is O=[N+]([O-])[O-].O=[N+]([O-])[O-].O=[N+]([O-])[O-].O=[N+]([O-])[O-].O=[N+]([O-])[O-].O=[N+]([O-])[O-].[Cu+2].[NH3+]Cc1ccccc1.[NH3+]Cc1ccccc1.[NH3+]Cc1ccccc1.[NH3+]Cc1ccccc1. The van der Waals surface area contributed by atoms with Crippen molar-refractivity contribution in [1.29, 1.82) is 0 Å². The van der Waals surface area contributed by atoms with Gasteiger partial charge in [0.05, 0.1) is 56.7 Å². The van der Waals surface area contributed by atoms with Crippen LogP contribution in [0, 0.1) is 91.9 Å². The average molecular weight is 868 g/mol. The van der Waals surface area contributed by atoms with Gasteiger partial charge in [-0.3, -0.25) is 0 Å². The summed E-state index contributed by atoms with van der Waals surface area (Å²) in [5.74, 6) is 0. The third-order valence-electron chi connectivity index (χ3n) is 4.53. The standard InChI is InChI=1S/4C7H9N.Cu.6NO3/c4*8-6-7-4-2-1-3-5-7;;6*2-1(3)4/h4*1-5H,6,8H2;;;;;;;/q;;;;+2;6*-1/p+4. The summed E-state index contributed by atoms with van der Waals surface area (Å²) in [6.45, 7) is 3.56. The van der Waals surface area contributed by atoms with Gasteiger partial charge in [-0.15, -0.1) is 0 Å². The Morgan fingerprint density at radius 2 is 0.368 bits per heavy atom. The van der Waals surface area contributed by atoms with Gasteiger partial charge in [-0.05, 0) is 0 Å². The zero-order valence-electron chi connectivity index (χ0n) is 29.5. The predicted octanol–water partition coefficient (Wildman–Crippen LogP) is 0.277. The summed E-state index contributed by atoms with van der Waals surface area (Å²) in [5.41, 5.74) is 20.2. The van der Waals surface area contributed by atoms with Gasteiger partial charge in [0, 0.05) is 22.3 Å². The van der Waals surface area contributed by atoms with Crippen LogP contribution in [0.3, 0.4) is 0 Å². The molecule has 12 N–H and O–H groups in total. The second-order valence-electron chi connectivity index (χ2n) is 8.28. The van der Waals surface area contributed by atoms with E-state index in [1.807, 2.05) is 72.8 Å². The van der Waals surface area contributed by atoms with E-state index in [-0.39, 0.29) is 17.1 Å². The summed E-state index contributed by atoms with van der Waals surface area (Å²) in [6, 6.07) is 40.9. The fourth-order valence-electron chi connectivity index (χ4n) is 2.58. The van der Waals surface area contributed by atoms with Crippen LogP contribution in [-0.2, 0) is 43.2 Å². The molecular formula is C28H40CuN10O18. The number of quaternary nitrogens is 4. The van der Waals surface area contributed by atoms with E-state index in [1.165, 1.54) is 22.3 Å². The summed E-state index contributed by atoms with van der Waals surface area (Å²) >= 11 is 0. The maximum Gasteiger partial charge on any atom is 2.00 e. The summed E-state index contributed by atoms with van der Waals surface area (Å²) in [7, 11) is 0. The molecule has 57 heavy (non-hydrogen) atoms. The van der Waals surface area contributed by atoms with Crippen molar-refractivity contribution in [2.75, 3.05) is 0 Å². The average Bonchev–Trinajstić information content (AvgIpc) is 3.12. The van der Waals surface area contributed by atoms with Gasteiger partial charge in [0.15, 0.2) is 0 Å². The van der Waals surface area contributed by atoms with Gasteiger partial charge in [0.2, 0.25) is 0 Å². The fourth-order valence-corrected chi connectivity index (χ4v) is 2.58. The summed E-state index contributed by atoms with van der Waals surface area (Å²) in [4.78, 5) is 49.5. The Labute approximate surface area is 331 Å². The molecule has 0 unspecified atom stereocenters. The van der Waals surface area contributed by atoms with Crippen molar-refractivity contribution in [2.24, 2.45) is 0 Å². The normalized spacial score (nSPS) is 7.65. The molecule has 29 heteroatoms. The van der Waals surface area contributed by atoms with Gasteiger partial charge in [-0.2, -0.15) is 0 Å². The molecule has 0 aliphatic heterocycles. The zero-order valence-corrected chi connectivity index (χ0v) is 30.5. The van der Waals surface area contributed by atoms with Crippen molar-refractivity contribution >= 4 is 0 Å². The molecule has 4 aromatic carbocycles. The molecule has 321 valence electrons. The van der Waals surface area contributed by atoms with Crippen LogP contribution >= 0.6 is 0 Å². The van der Waals surface area contributed by atoms with Crippen LogP contribution in [0.4, 0.5) is 0 Å². The van der Waals surface area contributed by atoms with Crippen molar-refractivity contribution in [3.05, 3.63) is 236 Å². The Kier molecular flexibility index (Phi) is 57.1. The molecule has 0 spiro atoms. The molecule has 0 aliphatic rings. The van der Waals surface area contributed by atoms with Gasteiger partial charge < -0.3 is 115 Å². The Hall–Kier alpha value is -7.56. The topological polar surface area (TPSA) is 508 Å². The van der Waals surface area contributed by atoms with Gasteiger partial charge in [-0.1, -0.05) is 121 Å². The first-order valence-corrected chi connectivity index (χ1v) is 14.3. The molecule has 1 radical (unpaired) electrons. The number of hydrogen-bond donors (Lipinski definition) is 4. The first-order chi connectivity index (χ1) is 26.1. The number of rotatable bonds is 4. The largest absolute Gasteiger partial charge is 2.00 e. The second-order valence-corrected chi connectivity index (χ2v) is 8.28. The molecule has 0 heterocycles. The molecule has 0 saturated heterocycles. The Morgan fingerprint density at radius 3 is 0.421 bits per heavy atom. The van der Waals surface area contributed by atoms with E-state index in [2.05, 4.69) is 71.5 Å². The van der Waals surface area contributed by atoms with Gasteiger partial charge >= 0.3 is 17.1 Å². The first kappa shape index (κ1) is 64.4. The first-order valence-electron chi connectivity index (χ1n) is 14.3. The molecule has 4 aromatic rings. The van der Waals surface area contributed by atoms with E-state index >= 15 is 0 Å². The van der Waals surface area contributed by atoms with Crippen LogP contribution < -0.4 is 22.9 Å². The van der Waals surface area contributed by atoms with Crippen molar-refractivity contribution in [1.82, 2.24) is 0 Å². The van der Waals surface area contributed by atoms with Crippen LogP contribution in [0.1, 0.15) is 22.3 Å². The fraction of sp³-hybridized carbons (Fsp3) is 0.143. The number of hydrogen-bond acceptors (Lipinski definition) is 18. The summed E-state index contributed by atoms with van der Waals surface area (Å²) in [6.07, 6.45) is 0. The quantitative estimate of drug-likeness (QED) is 0.121. The van der Waals surface area contributed by atoms with E-state index in [0.717, 1.165) is 26.2 Å². The van der Waals surface area contributed by atoms with Crippen LogP contribution in [0.5, 0.6) is 0 Å². The minimum absolute atomic E-state index is 0. The van der Waals surface area contributed by atoms with Crippen LogP contribution in [0.25, 0.3) is 0 Å². The third kappa shape index (κ3) is 99.3. The zero-order chi connectivity index (χ0) is 44.7. The molecule has 0 fully saturated rings. The Bertz CT molecular complexity index is 1250. The molecule has 0 bridgehead atoms. The number of benzene rings is 4. The van der Waals surface area contributed by atoms with Crippen molar-refractivity contribution in [3.63, 3.8) is 0 Å². The minimum Gasteiger partial charge on any atom is -0.356 e. The van der Waals surface area contributed by atoms with E-state index in [1.54, 1.807) is 0 Å². The Balaban J connectivity index is -0.0000000993. The molecule has 0 aromatic heterocycles. The third-order valence-corrected chi connectivity index (χ3v) is 4.53. The van der Waals surface area contributed by atoms with E-state index < -0.39 is 30.5 Å². The molecular weight excluding hydrogens is 828 g/mol. The minimum atomic E-state index is -1.75. The van der Waals surface area contributed by atoms with E-state index in [9.17, 15) is 0 Å². The molecule has 0 saturated carbocycles.